The van der Waals surface area contributed by atoms with E-state index in [1.54, 1.807) is 0 Å². The van der Waals surface area contributed by atoms with Crippen molar-refractivity contribution in [1.82, 2.24) is 0 Å². The van der Waals surface area contributed by atoms with Crippen molar-refractivity contribution in [3.63, 3.8) is 0 Å². The van der Waals surface area contributed by atoms with Crippen LogP contribution in [0.25, 0.3) is 153 Å². The molecule has 0 amide bonds. The Morgan fingerprint density at radius 1 is 0.194 bits per heavy atom. The van der Waals surface area contributed by atoms with Gasteiger partial charge in [-0.2, -0.15) is 0 Å². The standard InChI is InChI=1S/C58H30O4/c1-5-13-51-35(9-1)47-22-31(17-19-55(47)59-51)39-24-33-21-34-25-40(32-18-20-56-48(23-32)36-10-2-6-14-52(36)60-56)44-28-50-38-12-4-8-16-54(38)62-58(50)30-46(44)42(34)26-41(33)45-29-57-49(27-43(39)45)37-11-3-7-15-53(37)61-57/h1-30H. The summed E-state index contributed by atoms with van der Waals surface area (Å²) in [4.78, 5) is 0. The zero-order valence-corrected chi connectivity index (χ0v) is 33.0. The molecule has 0 unspecified atom stereocenters. The first-order chi connectivity index (χ1) is 30.7. The fourth-order valence-corrected chi connectivity index (χ4v) is 10.5. The van der Waals surface area contributed by atoms with Gasteiger partial charge in [0.05, 0.1) is 0 Å². The van der Waals surface area contributed by atoms with Gasteiger partial charge < -0.3 is 17.7 Å². The molecule has 0 bridgehead atoms. The first-order valence-electron chi connectivity index (χ1n) is 21.0. The molecule has 62 heavy (non-hydrogen) atoms. The van der Waals surface area contributed by atoms with Crippen LogP contribution < -0.4 is 0 Å². The molecule has 286 valence electrons. The Hall–Kier alpha value is -8.34. The van der Waals surface area contributed by atoms with Crippen LogP contribution in [-0.4, -0.2) is 0 Å². The van der Waals surface area contributed by atoms with Gasteiger partial charge in [-0.15, -0.1) is 0 Å². The predicted octanol–water partition coefficient (Wildman–Crippen LogP) is 17.2. The largest absolute Gasteiger partial charge is 0.456 e. The predicted molar refractivity (Wildman–Crippen MR) is 256 cm³/mol. The third-order valence-corrected chi connectivity index (χ3v) is 13.4. The average Bonchev–Trinajstić information content (AvgIpc) is 4.08. The fraction of sp³-hybridized carbons (Fsp3) is 0. The van der Waals surface area contributed by atoms with E-state index in [0.29, 0.717) is 0 Å². The molecule has 0 aliphatic carbocycles. The number of hydrogen-bond acceptors (Lipinski definition) is 4. The van der Waals surface area contributed by atoms with Crippen LogP contribution in [0.15, 0.2) is 200 Å². The molecule has 4 nitrogen and oxygen atoms in total. The van der Waals surface area contributed by atoms with Crippen LogP contribution in [0.1, 0.15) is 0 Å². The van der Waals surface area contributed by atoms with Gasteiger partial charge in [0.15, 0.2) is 0 Å². The summed E-state index contributed by atoms with van der Waals surface area (Å²) >= 11 is 0. The zero-order chi connectivity index (χ0) is 40.2. The molecule has 0 radical (unpaired) electrons. The third kappa shape index (κ3) is 4.40. The van der Waals surface area contributed by atoms with Crippen molar-refractivity contribution in [2.45, 2.75) is 0 Å². The molecular formula is C58H30O4. The quantitative estimate of drug-likeness (QED) is 0.129. The van der Waals surface area contributed by atoms with Crippen molar-refractivity contribution < 1.29 is 17.7 Å². The molecule has 4 aromatic heterocycles. The summed E-state index contributed by atoms with van der Waals surface area (Å²) in [6.45, 7) is 0. The minimum Gasteiger partial charge on any atom is -0.456 e. The van der Waals surface area contributed by atoms with E-state index in [0.717, 1.165) is 132 Å². The van der Waals surface area contributed by atoms with Gasteiger partial charge in [0.25, 0.3) is 0 Å². The molecule has 15 rings (SSSR count). The number of furan rings is 4. The van der Waals surface area contributed by atoms with E-state index < -0.39 is 0 Å². The number of benzene rings is 11. The molecule has 4 heterocycles. The summed E-state index contributed by atoms with van der Waals surface area (Å²) in [5.74, 6) is 0. The van der Waals surface area contributed by atoms with E-state index in [-0.39, 0.29) is 0 Å². The van der Waals surface area contributed by atoms with Crippen molar-refractivity contribution in [2.24, 2.45) is 0 Å². The highest BCUT2D eigenvalue weighted by Gasteiger charge is 2.20. The molecule has 4 heteroatoms. The topological polar surface area (TPSA) is 52.6 Å². The molecule has 0 aliphatic heterocycles. The van der Waals surface area contributed by atoms with Crippen molar-refractivity contribution in [2.75, 3.05) is 0 Å². The van der Waals surface area contributed by atoms with Crippen molar-refractivity contribution in [3.8, 4) is 22.3 Å². The van der Waals surface area contributed by atoms with Gasteiger partial charge in [0.1, 0.15) is 44.7 Å². The Labute approximate surface area is 351 Å². The highest BCUT2D eigenvalue weighted by molar-refractivity contribution is 6.27. The molecule has 0 fully saturated rings. The lowest BCUT2D eigenvalue weighted by Gasteiger charge is -2.16. The lowest BCUT2D eigenvalue weighted by molar-refractivity contribution is 0.668. The molecule has 0 saturated heterocycles. The second-order valence-corrected chi connectivity index (χ2v) is 16.7. The monoisotopic (exact) mass is 790 g/mol. The van der Waals surface area contributed by atoms with Gasteiger partial charge in [-0.25, -0.2) is 0 Å². The highest BCUT2D eigenvalue weighted by Crippen LogP contribution is 2.46. The van der Waals surface area contributed by atoms with Crippen LogP contribution in [0.3, 0.4) is 0 Å². The van der Waals surface area contributed by atoms with Gasteiger partial charge in [0.2, 0.25) is 0 Å². The zero-order valence-electron chi connectivity index (χ0n) is 33.0. The Balaban J connectivity index is 1.07. The van der Waals surface area contributed by atoms with E-state index in [1.165, 1.54) is 21.5 Å². The van der Waals surface area contributed by atoms with Gasteiger partial charge >= 0.3 is 0 Å². The van der Waals surface area contributed by atoms with Gasteiger partial charge in [-0.3, -0.25) is 0 Å². The maximum Gasteiger partial charge on any atom is 0.136 e. The van der Waals surface area contributed by atoms with Gasteiger partial charge in [-0.1, -0.05) is 84.9 Å². The smallest absolute Gasteiger partial charge is 0.136 e. The van der Waals surface area contributed by atoms with E-state index in [1.807, 2.05) is 36.4 Å². The third-order valence-electron chi connectivity index (χ3n) is 13.4. The van der Waals surface area contributed by atoms with Crippen LogP contribution in [-0.2, 0) is 0 Å². The first kappa shape index (κ1) is 32.5. The fourth-order valence-electron chi connectivity index (χ4n) is 10.5. The van der Waals surface area contributed by atoms with E-state index in [2.05, 4.69) is 146 Å². The Morgan fingerprint density at radius 3 is 0.952 bits per heavy atom. The molecule has 0 aliphatic rings. The van der Waals surface area contributed by atoms with Crippen LogP contribution in [0, 0.1) is 0 Å². The minimum absolute atomic E-state index is 0.875. The van der Waals surface area contributed by atoms with Crippen molar-refractivity contribution in [3.05, 3.63) is 182 Å². The molecular weight excluding hydrogens is 761 g/mol. The lowest BCUT2D eigenvalue weighted by Crippen LogP contribution is -1.89. The van der Waals surface area contributed by atoms with E-state index in [4.69, 9.17) is 17.7 Å². The van der Waals surface area contributed by atoms with Crippen LogP contribution >= 0.6 is 0 Å². The van der Waals surface area contributed by atoms with Crippen molar-refractivity contribution in [1.29, 1.82) is 0 Å². The Morgan fingerprint density at radius 2 is 0.532 bits per heavy atom. The summed E-state index contributed by atoms with van der Waals surface area (Å²) < 4.78 is 25.7. The summed E-state index contributed by atoms with van der Waals surface area (Å²) in [5.41, 5.74) is 11.7. The van der Waals surface area contributed by atoms with Crippen molar-refractivity contribution >= 4 is 131 Å². The highest BCUT2D eigenvalue weighted by atomic mass is 16.3. The normalized spacial score (nSPS) is 12.5. The van der Waals surface area contributed by atoms with Crippen LogP contribution in [0.2, 0.25) is 0 Å². The molecule has 0 N–H and O–H groups in total. The second-order valence-electron chi connectivity index (χ2n) is 16.7. The van der Waals surface area contributed by atoms with Gasteiger partial charge in [0, 0.05) is 43.1 Å². The number of rotatable bonds is 2. The average molecular weight is 791 g/mol. The number of fused-ring (bicyclic) bond motifs is 18. The van der Waals surface area contributed by atoms with Gasteiger partial charge in [-0.05, 0) is 162 Å². The summed E-state index contributed by atoms with van der Waals surface area (Å²) in [6, 6.07) is 65.2. The summed E-state index contributed by atoms with van der Waals surface area (Å²) in [7, 11) is 0. The minimum atomic E-state index is 0.875. The molecule has 11 aromatic carbocycles. The Bertz CT molecular complexity index is 4170. The summed E-state index contributed by atoms with van der Waals surface area (Å²) in [5, 5.41) is 18.1. The molecule has 15 aromatic rings. The SMILES string of the molecule is c1ccc2c(c1)oc1ccc(-c3cc4cc5cc(-c6ccc7oc8ccccc8c7c6)c6cc7c(cc6c5cc4c4cc5oc6ccccc6c5cc34)oc3ccccc37)cc12. The lowest BCUT2D eigenvalue weighted by atomic mass is 9.87. The number of para-hydroxylation sites is 4. The Kier molecular flexibility index (Phi) is 6.13. The molecule has 0 atom stereocenters. The molecule has 0 spiro atoms. The van der Waals surface area contributed by atoms with Crippen LogP contribution in [0.5, 0.6) is 0 Å². The second kappa shape index (κ2) is 11.7. The molecule has 0 saturated carbocycles. The number of hydrogen-bond donors (Lipinski definition) is 0. The van der Waals surface area contributed by atoms with Crippen LogP contribution in [0.4, 0.5) is 0 Å². The first-order valence-corrected chi connectivity index (χ1v) is 21.0. The van der Waals surface area contributed by atoms with E-state index in [9.17, 15) is 0 Å². The maximum atomic E-state index is 6.57. The summed E-state index contributed by atoms with van der Waals surface area (Å²) in [6.07, 6.45) is 0. The van der Waals surface area contributed by atoms with E-state index >= 15 is 0 Å². The maximum absolute atomic E-state index is 6.57.